The van der Waals surface area contributed by atoms with Gasteiger partial charge in [0.25, 0.3) is 0 Å². The van der Waals surface area contributed by atoms with Crippen LogP contribution >= 0.6 is 24.0 Å². The van der Waals surface area contributed by atoms with Gasteiger partial charge in [0, 0.05) is 25.2 Å². The van der Waals surface area contributed by atoms with E-state index in [2.05, 4.69) is 15.6 Å². The zero-order valence-electron chi connectivity index (χ0n) is 17.5. The van der Waals surface area contributed by atoms with Crippen LogP contribution in [0.25, 0.3) is 0 Å². The van der Waals surface area contributed by atoms with Gasteiger partial charge in [-0.3, -0.25) is 4.99 Å². The lowest BCUT2D eigenvalue weighted by molar-refractivity contribution is 0.223. The standard InChI is InChI=1S/C21H29N3O4.HI/c1-15(28-18-10-7-9-17(12-18)25-3)13-23-21(22-2)24-14-16-8-6-11-19(26-4)20(16)27-5;/h6-12,15H,13-14H2,1-5H3,(H2,22,23,24);1H. The highest BCUT2D eigenvalue weighted by Crippen LogP contribution is 2.30. The van der Waals surface area contributed by atoms with Gasteiger partial charge in [-0.25, -0.2) is 0 Å². The molecule has 2 aromatic carbocycles. The predicted molar refractivity (Wildman–Crippen MR) is 126 cm³/mol. The monoisotopic (exact) mass is 515 g/mol. The number of ether oxygens (including phenoxy) is 4. The highest BCUT2D eigenvalue weighted by Gasteiger charge is 2.11. The molecule has 1 atom stereocenters. The Morgan fingerprint density at radius 1 is 0.966 bits per heavy atom. The lowest BCUT2D eigenvalue weighted by Crippen LogP contribution is -2.41. The van der Waals surface area contributed by atoms with Crippen LogP contribution in [0.3, 0.4) is 0 Å². The minimum atomic E-state index is -0.0583. The summed E-state index contributed by atoms with van der Waals surface area (Å²) >= 11 is 0. The smallest absolute Gasteiger partial charge is 0.191 e. The highest BCUT2D eigenvalue weighted by molar-refractivity contribution is 14.0. The third-order valence-corrected chi connectivity index (χ3v) is 4.09. The largest absolute Gasteiger partial charge is 0.497 e. The average Bonchev–Trinajstić information content (AvgIpc) is 2.73. The van der Waals surface area contributed by atoms with E-state index in [1.165, 1.54) is 0 Å². The van der Waals surface area contributed by atoms with E-state index < -0.39 is 0 Å². The van der Waals surface area contributed by atoms with E-state index in [0.29, 0.717) is 30.5 Å². The van der Waals surface area contributed by atoms with Crippen LogP contribution in [-0.4, -0.2) is 47.0 Å². The van der Waals surface area contributed by atoms with Crippen molar-refractivity contribution < 1.29 is 18.9 Å². The molecule has 0 saturated carbocycles. The van der Waals surface area contributed by atoms with Gasteiger partial charge in [-0.2, -0.15) is 0 Å². The number of nitrogens with one attached hydrogen (secondary N) is 2. The minimum Gasteiger partial charge on any atom is -0.497 e. The topological polar surface area (TPSA) is 73.3 Å². The maximum absolute atomic E-state index is 5.92. The number of nitrogens with zero attached hydrogens (tertiary/aromatic N) is 1. The fourth-order valence-corrected chi connectivity index (χ4v) is 2.68. The number of benzene rings is 2. The number of para-hydroxylation sites is 1. The van der Waals surface area contributed by atoms with Gasteiger partial charge < -0.3 is 29.6 Å². The van der Waals surface area contributed by atoms with Gasteiger partial charge in [0.2, 0.25) is 0 Å². The Hall–Kier alpha value is -2.36. The molecule has 8 heteroatoms. The van der Waals surface area contributed by atoms with E-state index in [0.717, 1.165) is 17.1 Å². The Morgan fingerprint density at radius 3 is 2.34 bits per heavy atom. The summed E-state index contributed by atoms with van der Waals surface area (Å²) in [4.78, 5) is 4.25. The van der Waals surface area contributed by atoms with Crippen LogP contribution in [0, 0.1) is 0 Å². The van der Waals surface area contributed by atoms with Crippen molar-refractivity contribution >= 4 is 29.9 Å². The molecular weight excluding hydrogens is 485 g/mol. The second kappa shape index (κ2) is 13.0. The molecule has 2 aromatic rings. The lowest BCUT2D eigenvalue weighted by atomic mass is 10.2. The number of methoxy groups -OCH3 is 3. The van der Waals surface area contributed by atoms with Crippen molar-refractivity contribution in [2.24, 2.45) is 4.99 Å². The molecule has 0 fully saturated rings. The van der Waals surface area contributed by atoms with E-state index in [4.69, 9.17) is 18.9 Å². The third kappa shape index (κ3) is 7.52. The quantitative estimate of drug-likeness (QED) is 0.303. The molecule has 2 rings (SSSR count). The molecule has 0 saturated heterocycles. The summed E-state index contributed by atoms with van der Waals surface area (Å²) in [6, 6.07) is 13.3. The average molecular weight is 515 g/mol. The molecule has 2 N–H and O–H groups in total. The molecule has 0 aliphatic carbocycles. The zero-order chi connectivity index (χ0) is 20.4. The van der Waals surface area contributed by atoms with Crippen LogP contribution in [-0.2, 0) is 6.54 Å². The zero-order valence-corrected chi connectivity index (χ0v) is 19.9. The Labute approximate surface area is 189 Å². The molecule has 1 unspecified atom stereocenters. The van der Waals surface area contributed by atoms with Gasteiger partial charge in [-0.05, 0) is 25.1 Å². The third-order valence-electron chi connectivity index (χ3n) is 4.09. The molecule has 0 spiro atoms. The van der Waals surface area contributed by atoms with Crippen molar-refractivity contribution in [2.45, 2.75) is 19.6 Å². The summed E-state index contributed by atoms with van der Waals surface area (Å²) in [6.45, 7) is 3.13. The van der Waals surface area contributed by atoms with Gasteiger partial charge in [-0.15, -0.1) is 24.0 Å². The van der Waals surface area contributed by atoms with E-state index in [1.807, 2.05) is 49.4 Å². The van der Waals surface area contributed by atoms with Crippen molar-refractivity contribution in [3.8, 4) is 23.0 Å². The maximum Gasteiger partial charge on any atom is 0.191 e. The first-order valence-electron chi connectivity index (χ1n) is 9.06. The van der Waals surface area contributed by atoms with Crippen LogP contribution < -0.4 is 29.6 Å². The highest BCUT2D eigenvalue weighted by atomic mass is 127. The molecule has 0 aromatic heterocycles. The molecule has 160 valence electrons. The van der Waals surface area contributed by atoms with Crippen molar-refractivity contribution in [1.82, 2.24) is 10.6 Å². The second-order valence-corrected chi connectivity index (χ2v) is 6.07. The van der Waals surface area contributed by atoms with Gasteiger partial charge >= 0.3 is 0 Å². The molecule has 0 amide bonds. The fraction of sp³-hybridized carbons (Fsp3) is 0.381. The van der Waals surface area contributed by atoms with E-state index in [9.17, 15) is 0 Å². The molecule has 0 aliphatic rings. The summed E-state index contributed by atoms with van der Waals surface area (Å²) in [6.07, 6.45) is -0.0583. The number of hydrogen-bond donors (Lipinski definition) is 2. The summed E-state index contributed by atoms with van der Waals surface area (Å²) < 4.78 is 21.9. The molecule has 29 heavy (non-hydrogen) atoms. The van der Waals surface area contributed by atoms with E-state index >= 15 is 0 Å². The Bertz CT molecular complexity index is 786. The Morgan fingerprint density at radius 2 is 1.69 bits per heavy atom. The molecular formula is C21H30IN3O4. The predicted octanol–water partition coefficient (Wildman–Crippen LogP) is 3.46. The summed E-state index contributed by atoms with van der Waals surface area (Å²) in [7, 11) is 6.62. The molecule has 0 heterocycles. The molecule has 7 nitrogen and oxygen atoms in total. The van der Waals surface area contributed by atoms with Crippen LogP contribution in [0.15, 0.2) is 47.5 Å². The Balaban J connectivity index is 0.00000420. The summed E-state index contributed by atoms with van der Waals surface area (Å²) in [5, 5.41) is 6.54. The van der Waals surface area contributed by atoms with Crippen LogP contribution in [0.5, 0.6) is 23.0 Å². The summed E-state index contributed by atoms with van der Waals surface area (Å²) in [5.74, 6) is 3.61. The SMILES string of the molecule is CN=C(NCc1cccc(OC)c1OC)NCC(C)Oc1cccc(OC)c1.I. The molecule has 0 radical (unpaired) electrons. The van der Waals surface area contributed by atoms with Gasteiger partial charge in [-0.1, -0.05) is 18.2 Å². The van der Waals surface area contributed by atoms with Gasteiger partial charge in [0.15, 0.2) is 17.5 Å². The van der Waals surface area contributed by atoms with Crippen molar-refractivity contribution in [3.63, 3.8) is 0 Å². The van der Waals surface area contributed by atoms with Crippen molar-refractivity contribution in [2.75, 3.05) is 34.9 Å². The summed E-state index contributed by atoms with van der Waals surface area (Å²) in [5.41, 5.74) is 0.977. The first kappa shape index (κ1) is 24.7. The normalized spacial score (nSPS) is 11.7. The minimum absolute atomic E-state index is 0. The number of halogens is 1. The first-order valence-corrected chi connectivity index (χ1v) is 9.06. The molecule has 0 aliphatic heterocycles. The van der Waals surface area contributed by atoms with Crippen molar-refractivity contribution in [3.05, 3.63) is 48.0 Å². The number of aliphatic imine (C=N–C) groups is 1. The van der Waals surface area contributed by atoms with Crippen LogP contribution in [0.2, 0.25) is 0 Å². The second-order valence-electron chi connectivity index (χ2n) is 6.07. The van der Waals surface area contributed by atoms with Crippen LogP contribution in [0.4, 0.5) is 0 Å². The molecule has 0 bridgehead atoms. The lowest BCUT2D eigenvalue weighted by Gasteiger charge is -2.19. The van der Waals surface area contributed by atoms with E-state index in [-0.39, 0.29) is 30.1 Å². The van der Waals surface area contributed by atoms with Crippen LogP contribution in [0.1, 0.15) is 12.5 Å². The van der Waals surface area contributed by atoms with E-state index in [1.54, 1.807) is 28.4 Å². The van der Waals surface area contributed by atoms with Gasteiger partial charge in [0.1, 0.15) is 17.6 Å². The Kier molecular flexibility index (Phi) is 11.0. The maximum atomic E-state index is 5.92. The van der Waals surface area contributed by atoms with Crippen molar-refractivity contribution in [1.29, 1.82) is 0 Å². The number of guanidine groups is 1. The first-order chi connectivity index (χ1) is 13.6. The number of hydrogen-bond acceptors (Lipinski definition) is 5. The fourth-order valence-electron chi connectivity index (χ4n) is 2.68. The number of rotatable bonds is 9. The van der Waals surface area contributed by atoms with Gasteiger partial charge in [0.05, 0.1) is 27.9 Å².